The van der Waals surface area contributed by atoms with Crippen LogP contribution < -0.4 is 0 Å². The molecule has 0 aliphatic rings. The molecule has 1 nitrogen and oxygen atoms in total. The average Bonchev–Trinajstić information content (AvgIpc) is 2.54. The standard InChI is InChI=1S/C21H27N/c1-3-4-5-6-7-8-11-17-22(2)18-20-15-12-14-19-13-9-10-16-21(19)20/h6-16H,3-5,17-18H2,1-2H3/b7-6+,11-8+. The largest absolute Gasteiger partial charge is 0.298 e. The molecule has 2 rings (SSSR count). The van der Waals surface area contributed by atoms with Crippen LogP contribution in [0.5, 0.6) is 0 Å². The van der Waals surface area contributed by atoms with Crippen molar-refractivity contribution < 1.29 is 0 Å². The highest BCUT2D eigenvalue weighted by atomic mass is 15.1. The molecule has 0 N–H and O–H groups in total. The molecule has 0 heterocycles. The van der Waals surface area contributed by atoms with Crippen LogP contribution in [0.1, 0.15) is 31.7 Å². The number of rotatable bonds is 8. The van der Waals surface area contributed by atoms with Crippen LogP contribution in [0.15, 0.2) is 66.8 Å². The molecule has 2 aromatic rings. The number of fused-ring (bicyclic) bond motifs is 1. The molecule has 0 bridgehead atoms. The second kappa shape index (κ2) is 9.22. The van der Waals surface area contributed by atoms with E-state index in [2.05, 4.69) is 85.6 Å². The lowest BCUT2D eigenvalue weighted by Crippen LogP contribution is -2.17. The van der Waals surface area contributed by atoms with Crippen molar-refractivity contribution >= 4 is 10.8 Å². The van der Waals surface area contributed by atoms with Crippen molar-refractivity contribution in [3.63, 3.8) is 0 Å². The molecule has 0 amide bonds. The summed E-state index contributed by atoms with van der Waals surface area (Å²) in [5.74, 6) is 0. The molecule has 116 valence electrons. The zero-order chi connectivity index (χ0) is 15.6. The van der Waals surface area contributed by atoms with Crippen LogP contribution in [0.4, 0.5) is 0 Å². The van der Waals surface area contributed by atoms with Crippen LogP contribution in [-0.2, 0) is 6.54 Å². The highest BCUT2D eigenvalue weighted by molar-refractivity contribution is 5.85. The summed E-state index contributed by atoms with van der Waals surface area (Å²) in [6.45, 7) is 4.18. The smallest absolute Gasteiger partial charge is 0.0240 e. The summed E-state index contributed by atoms with van der Waals surface area (Å²) in [7, 11) is 2.17. The van der Waals surface area contributed by atoms with E-state index in [1.165, 1.54) is 35.6 Å². The van der Waals surface area contributed by atoms with Crippen molar-refractivity contribution in [2.75, 3.05) is 13.6 Å². The molecule has 0 spiro atoms. The molecule has 0 saturated heterocycles. The molecular weight excluding hydrogens is 266 g/mol. The lowest BCUT2D eigenvalue weighted by atomic mass is 10.0. The van der Waals surface area contributed by atoms with Crippen molar-refractivity contribution in [2.24, 2.45) is 0 Å². The first-order valence-corrected chi connectivity index (χ1v) is 8.28. The van der Waals surface area contributed by atoms with E-state index in [0.717, 1.165) is 13.1 Å². The van der Waals surface area contributed by atoms with Gasteiger partial charge in [-0.15, -0.1) is 0 Å². The van der Waals surface area contributed by atoms with Crippen molar-refractivity contribution in [3.8, 4) is 0 Å². The normalized spacial score (nSPS) is 12.1. The molecule has 1 heteroatoms. The van der Waals surface area contributed by atoms with Crippen LogP contribution in [-0.4, -0.2) is 18.5 Å². The highest BCUT2D eigenvalue weighted by Gasteiger charge is 2.02. The third kappa shape index (κ3) is 5.16. The Morgan fingerprint density at radius 1 is 0.955 bits per heavy atom. The number of unbranched alkanes of at least 4 members (excludes halogenated alkanes) is 2. The van der Waals surface area contributed by atoms with Crippen LogP contribution in [0.2, 0.25) is 0 Å². The molecule has 0 saturated carbocycles. The molecule has 0 aromatic heterocycles. The van der Waals surface area contributed by atoms with Gasteiger partial charge in [0.2, 0.25) is 0 Å². The number of likely N-dealkylation sites (N-methyl/N-ethyl adjacent to an activating group) is 1. The van der Waals surface area contributed by atoms with Crippen molar-refractivity contribution in [1.29, 1.82) is 0 Å². The Hall–Kier alpha value is -1.86. The Kier molecular flexibility index (Phi) is 6.92. The SMILES string of the molecule is CCCC/C=C/C=C/CN(C)Cc1cccc2ccccc12. The van der Waals surface area contributed by atoms with Gasteiger partial charge in [-0.2, -0.15) is 0 Å². The van der Waals surface area contributed by atoms with Gasteiger partial charge in [-0.1, -0.05) is 86.5 Å². The summed E-state index contributed by atoms with van der Waals surface area (Å²) >= 11 is 0. The minimum Gasteiger partial charge on any atom is -0.298 e. The fraction of sp³-hybridized carbons (Fsp3) is 0.333. The van der Waals surface area contributed by atoms with E-state index < -0.39 is 0 Å². The van der Waals surface area contributed by atoms with Gasteiger partial charge in [0, 0.05) is 13.1 Å². The van der Waals surface area contributed by atoms with Crippen LogP contribution in [0.3, 0.4) is 0 Å². The summed E-state index contributed by atoms with van der Waals surface area (Å²) in [4.78, 5) is 2.35. The Bertz CT molecular complexity index is 619. The number of hydrogen-bond donors (Lipinski definition) is 0. The molecule has 22 heavy (non-hydrogen) atoms. The van der Waals surface area contributed by atoms with E-state index in [1.807, 2.05) is 0 Å². The molecule has 0 aliphatic carbocycles. The summed E-state index contributed by atoms with van der Waals surface area (Å²) in [6, 6.07) is 15.2. The predicted molar refractivity (Wildman–Crippen MR) is 98.1 cm³/mol. The monoisotopic (exact) mass is 293 g/mol. The summed E-state index contributed by atoms with van der Waals surface area (Å²) in [5.41, 5.74) is 1.40. The maximum absolute atomic E-state index is 2.35. The predicted octanol–water partition coefficient (Wildman–Crippen LogP) is 5.57. The molecular formula is C21H27N. The molecule has 2 aromatic carbocycles. The first kappa shape index (κ1) is 16.5. The van der Waals surface area contributed by atoms with Gasteiger partial charge in [-0.05, 0) is 29.8 Å². The molecule has 0 radical (unpaired) electrons. The average molecular weight is 293 g/mol. The first-order chi connectivity index (χ1) is 10.8. The van der Waals surface area contributed by atoms with Gasteiger partial charge in [0.1, 0.15) is 0 Å². The Balaban J connectivity index is 1.87. The van der Waals surface area contributed by atoms with Crippen molar-refractivity contribution in [3.05, 3.63) is 72.3 Å². The summed E-state index contributed by atoms with van der Waals surface area (Å²) in [6.07, 6.45) is 12.6. The summed E-state index contributed by atoms with van der Waals surface area (Å²) < 4.78 is 0. The Morgan fingerprint density at radius 2 is 1.73 bits per heavy atom. The van der Waals surface area contributed by atoms with E-state index in [0.29, 0.717) is 0 Å². The van der Waals surface area contributed by atoms with Crippen molar-refractivity contribution in [1.82, 2.24) is 4.90 Å². The maximum atomic E-state index is 2.35. The summed E-state index contributed by atoms with van der Waals surface area (Å²) in [5, 5.41) is 2.68. The van der Waals surface area contributed by atoms with E-state index >= 15 is 0 Å². The minimum absolute atomic E-state index is 0.974. The van der Waals surface area contributed by atoms with Crippen molar-refractivity contribution in [2.45, 2.75) is 32.7 Å². The fourth-order valence-electron chi connectivity index (χ4n) is 2.60. The second-order valence-corrected chi connectivity index (χ2v) is 5.83. The van der Waals surface area contributed by atoms with E-state index in [1.54, 1.807) is 0 Å². The lowest BCUT2D eigenvalue weighted by molar-refractivity contribution is 0.365. The first-order valence-electron chi connectivity index (χ1n) is 8.28. The van der Waals surface area contributed by atoms with Gasteiger partial charge in [0.25, 0.3) is 0 Å². The second-order valence-electron chi connectivity index (χ2n) is 5.83. The van der Waals surface area contributed by atoms with Gasteiger partial charge in [0.15, 0.2) is 0 Å². The third-order valence-electron chi connectivity index (χ3n) is 3.84. The van der Waals surface area contributed by atoms with Crippen LogP contribution >= 0.6 is 0 Å². The quantitative estimate of drug-likeness (QED) is 0.454. The van der Waals surface area contributed by atoms with Gasteiger partial charge in [0.05, 0.1) is 0 Å². The number of allylic oxidation sites excluding steroid dienone is 3. The molecule has 0 atom stereocenters. The lowest BCUT2D eigenvalue weighted by Gasteiger charge is -2.16. The number of benzene rings is 2. The fourth-order valence-corrected chi connectivity index (χ4v) is 2.60. The maximum Gasteiger partial charge on any atom is 0.0240 e. The number of hydrogen-bond acceptors (Lipinski definition) is 1. The van der Waals surface area contributed by atoms with Crippen LogP contribution in [0, 0.1) is 0 Å². The van der Waals surface area contributed by atoms with Gasteiger partial charge < -0.3 is 0 Å². The Morgan fingerprint density at radius 3 is 2.59 bits per heavy atom. The van der Waals surface area contributed by atoms with Gasteiger partial charge >= 0.3 is 0 Å². The number of nitrogens with zero attached hydrogens (tertiary/aromatic N) is 1. The zero-order valence-electron chi connectivity index (χ0n) is 13.8. The van der Waals surface area contributed by atoms with Crippen LogP contribution in [0.25, 0.3) is 10.8 Å². The van der Waals surface area contributed by atoms with Gasteiger partial charge in [-0.3, -0.25) is 4.90 Å². The minimum atomic E-state index is 0.974. The molecule has 0 unspecified atom stereocenters. The molecule has 0 aliphatic heterocycles. The third-order valence-corrected chi connectivity index (χ3v) is 3.84. The topological polar surface area (TPSA) is 3.24 Å². The van der Waals surface area contributed by atoms with E-state index in [4.69, 9.17) is 0 Å². The van der Waals surface area contributed by atoms with E-state index in [-0.39, 0.29) is 0 Å². The Labute approximate surface area is 135 Å². The van der Waals surface area contributed by atoms with E-state index in [9.17, 15) is 0 Å². The van der Waals surface area contributed by atoms with Gasteiger partial charge in [-0.25, -0.2) is 0 Å². The zero-order valence-corrected chi connectivity index (χ0v) is 13.8. The molecule has 0 fully saturated rings. The highest BCUT2D eigenvalue weighted by Crippen LogP contribution is 2.19.